The Morgan fingerprint density at radius 3 is 2.05 bits per heavy atom. The molecule has 3 rings (SSSR count). The Labute approximate surface area is 258 Å². The van der Waals surface area contributed by atoms with Gasteiger partial charge in [-0.2, -0.15) is 0 Å². The smallest absolute Gasteiger partial charge is 0.343 e. The Hall–Kier alpha value is -4.04. The molecule has 0 spiro atoms. The molecule has 0 bridgehead atoms. The molecule has 0 aliphatic carbocycles. The number of unbranched alkanes of at least 4 members (excludes halogenated alkanes) is 5. The van der Waals surface area contributed by atoms with E-state index in [2.05, 4.69) is 13.5 Å². The van der Waals surface area contributed by atoms with Crippen LogP contribution in [0.1, 0.15) is 78.1 Å². The first-order valence-electron chi connectivity index (χ1n) is 14.7. The van der Waals surface area contributed by atoms with Crippen LogP contribution in [-0.4, -0.2) is 37.4 Å². The summed E-state index contributed by atoms with van der Waals surface area (Å²) in [6, 6.07) is 19.0. The fourth-order valence-corrected chi connectivity index (χ4v) is 5.20. The van der Waals surface area contributed by atoms with Crippen molar-refractivity contribution in [3.63, 3.8) is 0 Å². The van der Waals surface area contributed by atoms with Crippen LogP contribution >= 0.6 is 11.8 Å². The predicted octanol–water partition coefficient (Wildman–Crippen LogP) is 8.25. The molecule has 43 heavy (non-hydrogen) atoms. The third-order valence-corrected chi connectivity index (χ3v) is 7.75. The molecule has 0 radical (unpaired) electrons. The molecular formula is C35H40O7S. The highest BCUT2D eigenvalue weighted by Gasteiger charge is 2.14. The number of esters is 3. The number of ether oxygens (including phenoxy) is 4. The molecule has 0 saturated heterocycles. The lowest BCUT2D eigenvalue weighted by Gasteiger charge is -2.11. The van der Waals surface area contributed by atoms with Crippen LogP contribution in [0.25, 0.3) is 0 Å². The van der Waals surface area contributed by atoms with Crippen LogP contribution in [0.3, 0.4) is 0 Å². The predicted molar refractivity (Wildman–Crippen MR) is 169 cm³/mol. The summed E-state index contributed by atoms with van der Waals surface area (Å²) in [5, 5.41) is 0. The van der Waals surface area contributed by atoms with Crippen LogP contribution in [0.2, 0.25) is 0 Å². The van der Waals surface area contributed by atoms with Gasteiger partial charge in [0.05, 0.1) is 24.8 Å². The van der Waals surface area contributed by atoms with Crippen molar-refractivity contribution in [3.8, 4) is 17.2 Å². The van der Waals surface area contributed by atoms with Crippen molar-refractivity contribution in [2.24, 2.45) is 0 Å². The maximum atomic E-state index is 12.8. The summed E-state index contributed by atoms with van der Waals surface area (Å²) >= 11 is 1.59. The molecule has 0 saturated carbocycles. The quantitative estimate of drug-likeness (QED) is 0.0472. The molecule has 0 amide bonds. The fraction of sp³-hybridized carbons (Fsp3) is 0.343. The van der Waals surface area contributed by atoms with Gasteiger partial charge in [0.2, 0.25) is 0 Å². The summed E-state index contributed by atoms with van der Waals surface area (Å²) in [6.45, 7) is 5.93. The highest BCUT2D eigenvalue weighted by atomic mass is 32.2. The first-order chi connectivity index (χ1) is 20.9. The molecule has 3 aromatic rings. The van der Waals surface area contributed by atoms with Crippen LogP contribution in [0.4, 0.5) is 0 Å². The van der Waals surface area contributed by atoms with Gasteiger partial charge in [0.15, 0.2) is 0 Å². The monoisotopic (exact) mass is 604 g/mol. The fourth-order valence-electron chi connectivity index (χ4n) is 4.18. The van der Waals surface area contributed by atoms with Crippen molar-refractivity contribution in [1.82, 2.24) is 0 Å². The van der Waals surface area contributed by atoms with Crippen LogP contribution in [0, 0.1) is 0 Å². The second-order valence-corrected chi connectivity index (χ2v) is 11.0. The van der Waals surface area contributed by atoms with Gasteiger partial charge < -0.3 is 18.9 Å². The maximum absolute atomic E-state index is 12.8. The third kappa shape index (κ3) is 11.6. The highest BCUT2D eigenvalue weighted by Crippen LogP contribution is 2.31. The lowest BCUT2D eigenvalue weighted by atomic mass is 10.1. The highest BCUT2D eigenvalue weighted by molar-refractivity contribution is 7.99. The van der Waals surface area contributed by atoms with Crippen molar-refractivity contribution in [2.75, 3.05) is 19.5 Å². The molecule has 3 aromatic carbocycles. The van der Waals surface area contributed by atoms with Gasteiger partial charge >= 0.3 is 17.9 Å². The van der Waals surface area contributed by atoms with Crippen LogP contribution in [-0.2, 0) is 16.0 Å². The molecule has 7 nitrogen and oxygen atoms in total. The number of aryl methyl sites for hydroxylation is 1. The van der Waals surface area contributed by atoms with E-state index in [9.17, 15) is 14.4 Å². The third-order valence-electron chi connectivity index (χ3n) is 6.61. The summed E-state index contributed by atoms with van der Waals surface area (Å²) in [6.07, 6.45) is 9.93. The van der Waals surface area contributed by atoms with E-state index in [-0.39, 0.29) is 0 Å². The molecular weight excluding hydrogens is 564 g/mol. The minimum atomic E-state index is -0.542. The van der Waals surface area contributed by atoms with Crippen molar-refractivity contribution in [2.45, 2.75) is 63.2 Å². The van der Waals surface area contributed by atoms with Crippen LogP contribution < -0.4 is 14.2 Å². The van der Waals surface area contributed by atoms with Crippen molar-refractivity contribution in [1.29, 1.82) is 0 Å². The minimum absolute atomic E-state index is 0.305. The second kappa shape index (κ2) is 18.5. The number of hydrogen-bond donors (Lipinski definition) is 0. The van der Waals surface area contributed by atoms with Gasteiger partial charge in [-0.25, -0.2) is 14.4 Å². The Morgan fingerprint density at radius 1 is 0.767 bits per heavy atom. The first kappa shape index (κ1) is 33.5. The van der Waals surface area contributed by atoms with Crippen molar-refractivity contribution in [3.05, 3.63) is 96.1 Å². The Balaban J connectivity index is 1.47. The van der Waals surface area contributed by atoms with E-state index in [0.717, 1.165) is 42.4 Å². The summed E-state index contributed by atoms with van der Waals surface area (Å²) in [7, 11) is 1.55. The molecule has 0 N–H and O–H groups in total. The van der Waals surface area contributed by atoms with Gasteiger partial charge in [0.1, 0.15) is 17.2 Å². The molecule has 8 heteroatoms. The number of methoxy groups -OCH3 is 1. The van der Waals surface area contributed by atoms with E-state index in [1.807, 2.05) is 30.3 Å². The summed E-state index contributed by atoms with van der Waals surface area (Å²) in [5.41, 5.74) is 1.92. The largest absolute Gasteiger partial charge is 0.496 e. The zero-order valence-corrected chi connectivity index (χ0v) is 25.8. The average molecular weight is 605 g/mol. The van der Waals surface area contributed by atoms with Gasteiger partial charge in [-0.05, 0) is 91.6 Å². The van der Waals surface area contributed by atoms with Crippen molar-refractivity contribution < 1.29 is 33.3 Å². The molecule has 0 aliphatic heterocycles. The topological polar surface area (TPSA) is 88.1 Å². The van der Waals surface area contributed by atoms with E-state index in [0.29, 0.717) is 35.0 Å². The lowest BCUT2D eigenvalue weighted by molar-refractivity contribution is -0.137. The van der Waals surface area contributed by atoms with Gasteiger partial charge in [-0.15, -0.1) is 11.8 Å². The summed E-state index contributed by atoms with van der Waals surface area (Å²) in [5.74, 6) is 0.705. The first-order valence-corrected chi connectivity index (χ1v) is 15.7. The number of hydrogen-bond acceptors (Lipinski definition) is 8. The lowest BCUT2D eigenvalue weighted by Crippen LogP contribution is -2.10. The summed E-state index contributed by atoms with van der Waals surface area (Å²) < 4.78 is 21.5. The van der Waals surface area contributed by atoms with E-state index in [1.54, 1.807) is 55.3 Å². The molecule has 228 valence electrons. The average Bonchev–Trinajstić information content (AvgIpc) is 3.03. The number of thioether (sulfide) groups is 1. The normalized spacial score (nSPS) is 10.6. The van der Waals surface area contributed by atoms with Gasteiger partial charge in [-0.3, -0.25) is 0 Å². The SMILES string of the molecule is C=CC(=O)OCCCCSc1ccc(C(=O)Oc2ccc(C(=O)Oc3ccc(CCCCCCC)cc3)cc2)cc1OC. The number of benzene rings is 3. The minimum Gasteiger partial charge on any atom is -0.496 e. The zero-order valence-electron chi connectivity index (χ0n) is 25.0. The van der Waals surface area contributed by atoms with E-state index >= 15 is 0 Å². The molecule has 0 heterocycles. The Kier molecular flexibility index (Phi) is 14.4. The van der Waals surface area contributed by atoms with Crippen LogP contribution in [0.5, 0.6) is 17.2 Å². The maximum Gasteiger partial charge on any atom is 0.343 e. The Morgan fingerprint density at radius 2 is 1.40 bits per heavy atom. The molecule has 0 aliphatic rings. The van der Waals surface area contributed by atoms with E-state index in [1.165, 1.54) is 31.2 Å². The van der Waals surface area contributed by atoms with E-state index < -0.39 is 17.9 Å². The Bertz CT molecular complexity index is 1330. The van der Waals surface area contributed by atoms with Gasteiger partial charge in [0, 0.05) is 11.0 Å². The number of carbonyl (C=O) groups is 3. The summed E-state index contributed by atoms with van der Waals surface area (Å²) in [4.78, 5) is 37.4. The molecule has 0 unspecified atom stereocenters. The second-order valence-electron chi connectivity index (χ2n) is 9.90. The number of carbonyl (C=O) groups excluding carboxylic acids is 3. The van der Waals surface area contributed by atoms with Gasteiger partial charge in [0.25, 0.3) is 0 Å². The standard InChI is InChI=1S/C35H40O7S/c1-4-6-7-8-9-12-26-13-18-29(19-14-26)41-34(37)27-15-20-30(21-16-27)42-35(38)28-17-22-32(31(25-28)39-3)43-24-11-10-23-40-33(36)5-2/h5,13-22,25H,2,4,6-12,23-24H2,1,3H3. The molecule has 0 aromatic heterocycles. The van der Waals surface area contributed by atoms with Crippen LogP contribution in [0.15, 0.2) is 84.3 Å². The van der Waals surface area contributed by atoms with E-state index in [4.69, 9.17) is 18.9 Å². The number of rotatable bonds is 18. The molecule has 0 atom stereocenters. The molecule has 0 fully saturated rings. The van der Waals surface area contributed by atoms with Crippen molar-refractivity contribution >= 4 is 29.7 Å². The van der Waals surface area contributed by atoms with Gasteiger partial charge in [-0.1, -0.05) is 51.3 Å². The zero-order chi connectivity index (χ0) is 30.9.